The van der Waals surface area contributed by atoms with Crippen molar-refractivity contribution >= 4 is 23.5 Å². The van der Waals surface area contributed by atoms with Gasteiger partial charge in [0.1, 0.15) is 0 Å². The molecule has 96 valence electrons. The average molecular weight is 319 g/mol. The van der Waals surface area contributed by atoms with Crippen molar-refractivity contribution in [1.82, 2.24) is 0 Å². The van der Waals surface area contributed by atoms with Crippen molar-refractivity contribution in [2.24, 2.45) is 0 Å². The summed E-state index contributed by atoms with van der Waals surface area (Å²) in [7, 11) is -4.28. The van der Waals surface area contributed by atoms with E-state index in [0.717, 1.165) is 30.2 Å². The van der Waals surface area contributed by atoms with Crippen LogP contribution in [0.25, 0.3) is 0 Å². The van der Waals surface area contributed by atoms with E-state index in [1.807, 2.05) is 12.1 Å². The van der Waals surface area contributed by atoms with Crippen LogP contribution >= 0.6 is 23.5 Å². The highest BCUT2D eigenvalue weighted by molar-refractivity contribution is 9.10. The van der Waals surface area contributed by atoms with E-state index < -0.39 is 7.60 Å². The predicted octanol–water partition coefficient (Wildman–Crippen LogP) is 2.47. The van der Waals surface area contributed by atoms with Crippen LogP contribution in [0.15, 0.2) is 28.7 Å². The first-order valence-corrected chi connectivity index (χ1v) is 8.25. The molecule has 0 N–H and O–H groups in total. The van der Waals surface area contributed by atoms with Crippen molar-refractivity contribution in [1.29, 1.82) is 0 Å². The molecular formula is C12H16BrO3P-2. The fraction of sp³-hybridized carbons (Fsp3) is 0.500. The van der Waals surface area contributed by atoms with Gasteiger partial charge < -0.3 is 14.4 Å². The van der Waals surface area contributed by atoms with Crippen molar-refractivity contribution in [2.75, 3.05) is 6.16 Å². The largest absolute Gasteiger partial charge is 0.811 e. The molecule has 0 atom stereocenters. The molecule has 1 aromatic rings. The van der Waals surface area contributed by atoms with E-state index in [0.29, 0.717) is 6.42 Å². The van der Waals surface area contributed by atoms with Crippen LogP contribution in [0.5, 0.6) is 0 Å². The van der Waals surface area contributed by atoms with E-state index in [1.165, 1.54) is 5.56 Å². The van der Waals surface area contributed by atoms with Crippen LogP contribution in [0.2, 0.25) is 0 Å². The number of hydrogen-bond donors (Lipinski definition) is 0. The van der Waals surface area contributed by atoms with Crippen LogP contribution < -0.4 is 9.79 Å². The molecule has 0 fully saturated rings. The van der Waals surface area contributed by atoms with E-state index in [9.17, 15) is 14.4 Å². The van der Waals surface area contributed by atoms with Gasteiger partial charge in [-0.3, -0.25) is 0 Å². The molecule has 0 amide bonds. The van der Waals surface area contributed by atoms with Gasteiger partial charge in [0, 0.05) is 4.47 Å². The Morgan fingerprint density at radius 2 is 1.59 bits per heavy atom. The number of hydrogen-bond acceptors (Lipinski definition) is 3. The van der Waals surface area contributed by atoms with Crippen LogP contribution in [0.4, 0.5) is 0 Å². The topological polar surface area (TPSA) is 63.2 Å². The van der Waals surface area contributed by atoms with Gasteiger partial charge in [-0.05, 0) is 43.1 Å². The maximum atomic E-state index is 10.4. The molecule has 3 nitrogen and oxygen atoms in total. The molecule has 0 aliphatic heterocycles. The molecule has 1 rings (SSSR count). The molecule has 0 heterocycles. The molecule has 5 heteroatoms. The Bertz CT molecular complexity index is 372. The normalized spacial score (nSPS) is 11.7. The standard InChI is InChI=1S/C12H18BrO3P/c13-12-8-6-11(7-9-12)5-3-1-2-4-10-17(14,15)16/h6-9H,1-5,10H2,(H2,14,15,16)/p-2. The molecule has 0 bridgehead atoms. The Kier molecular flexibility index (Phi) is 6.42. The number of halogens is 1. The predicted molar refractivity (Wildman–Crippen MR) is 68.8 cm³/mol. The summed E-state index contributed by atoms with van der Waals surface area (Å²) in [5.74, 6) is 0. The number of unbranched alkanes of at least 4 members (excludes halogenated alkanes) is 3. The van der Waals surface area contributed by atoms with Gasteiger partial charge in [-0.15, -0.1) is 0 Å². The third-order valence-corrected chi connectivity index (χ3v) is 3.95. The van der Waals surface area contributed by atoms with Crippen molar-refractivity contribution < 1.29 is 14.4 Å². The Balaban J connectivity index is 2.08. The van der Waals surface area contributed by atoms with Crippen molar-refractivity contribution in [2.45, 2.75) is 32.1 Å². The van der Waals surface area contributed by atoms with Crippen molar-refractivity contribution in [3.63, 3.8) is 0 Å². The molecule has 0 saturated heterocycles. The summed E-state index contributed by atoms with van der Waals surface area (Å²) in [6.45, 7) is 0. The monoisotopic (exact) mass is 318 g/mol. The van der Waals surface area contributed by atoms with Crippen LogP contribution in [0.3, 0.4) is 0 Å². The van der Waals surface area contributed by atoms with E-state index in [4.69, 9.17) is 0 Å². The molecule has 0 unspecified atom stereocenters. The number of benzene rings is 1. The number of rotatable bonds is 7. The van der Waals surface area contributed by atoms with Crippen LogP contribution in [-0.2, 0) is 11.0 Å². The van der Waals surface area contributed by atoms with Gasteiger partial charge in [-0.25, -0.2) is 0 Å². The van der Waals surface area contributed by atoms with Gasteiger partial charge in [0.05, 0.1) is 0 Å². The zero-order chi connectivity index (χ0) is 12.7. The summed E-state index contributed by atoms with van der Waals surface area (Å²) >= 11 is 3.38. The third kappa shape index (κ3) is 7.72. The van der Waals surface area contributed by atoms with E-state index in [2.05, 4.69) is 28.1 Å². The minimum Gasteiger partial charge on any atom is -0.811 e. The Hall–Kier alpha value is -0.150. The minimum absolute atomic E-state index is 0.203. The fourth-order valence-corrected chi connectivity index (χ4v) is 2.51. The van der Waals surface area contributed by atoms with E-state index in [1.54, 1.807) is 0 Å². The average Bonchev–Trinajstić information content (AvgIpc) is 2.24. The van der Waals surface area contributed by atoms with Crippen LogP contribution in [0, 0.1) is 0 Å². The van der Waals surface area contributed by atoms with Gasteiger partial charge in [0.25, 0.3) is 0 Å². The molecule has 0 radical (unpaired) electrons. The van der Waals surface area contributed by atoms with Gasteiger partial charge in [0.15, 0.2) is 0 Å². The lowest BCUT2D eigenvalue weighted by Crippen LogP contribution is -2.16. The molecule has 0 aliphatic carbocycles. The van der Waals surface area contributed by atoms with Crippen LogP contribution in [0.1, 0.15) is 31.2 Å². The first-order valence-electron chi connectivity index (χ1n) is 5.73. The fourth-order valence-electron chi connectivity index (χ4n) is 1.64. The van der Waals surface area contributed by atoms with Gasteiger partial charge in [0.2, 0.25) is 0 Å². The zero-order valence-corrected chi connectivity index (χ0v) is 12.1. The third-order valence-electron chi connectivity index (χ3n) is 2.56. The second-order valence-corrected chi connectivity index (χ2v) is 6.71. The summed E-state index contributed by atoms with van der Waals surface area (Å²) in [4.78, 5) is 20.8. The van der Waals surface area contributed by atoms with E-state index >= 15 is 0 Å². The first kappa shape index (κ1) is 14.9. The van der Waals surface area contributed by atoms with Gasteiger partial charge >= 0.3 is 0 Å². The molecule has 0 aliphatic rings. The molecule has 0 aromatic heterocycles. The summed E-state index contributed by atoms with van der Waals surface area (Å²) in [5.41, 5.74) is 1.28. The van der Waals surface area contributed by atoms with Crippen molar-refractivity contribution in [3.8, 4) is 0 Å². The summed E-state index contributed by atoms with van der Waals surface area (Å²) < 4.78 is 11.5. The summed E-state index contributed by atoms with van der Waals surface area (Å²) in [6, 6.07) is 8.18. The second kappa shape index (κ2) is 7.32. The van der Waals surface area contributed by atoms with Gasteiger partial charge in [-0.1, -0.05) is 48.5 Å². The lowest BCUT2D eigenvalue weighted by atomic mass is 10.1. The Morgan fingerprint density at radius 1 is 1.00 bits per heavy atom. The summed E-state index contributed by atoms with van der Waals surface area (Å²) in [6.07, 6.45) is 4.10. The Morgan fingerprint density at radius 3 is 2.18 bits per heavy atom. The molecule has 1 aromatic carbocycles. The Labute approximate surface area is 111 Å². The maximum Gasteiger partial charge on any atom is 0.0175 e. The second-order valence-electron chi connectivity index (χ2n) is 4.13. The minimum atomic E-state index is -4.28. The smallest absolute Gasteiger partial charge is 0.0175 e. The van der Waals surface area contributed by atoms with Gasteiger partial charge in [-0.2, -0.15) is 0 Å². The summed E-state index contributed by atoms with van der Waals surface area (Å²) in [5, 5.41) is 0. The highest BCUT2D eigenvalue weighted by Gasteiger charge is 1.96. The number of aryl methyl sites for hydroxylation is 1. The quantitative estimate of drug-likeness (QED) is 0.573. The highest BCUT2D eigenvalue weighted by atomic mass is 79.9. The SMILES string of the molecule is O=P([O-])([O-])CCCCCCc1ccc(Br)cc1. The van der Waals surface area contributed by atoms with Crippen LogP contribution in [-0.4, -0.2) is 6.16 Å². The molecular weight excluding hydrogens is 303 g/mol. The maximum absolute atomic E-state index is 10.4. The molecule has 17 heavy (non-hydrogen) atoms. The zero-order valence-electron chi connectivity index (χ0n) is 9.60. The lowest BCUT2D eigenvalue weighted by Gasteiger charge is -2.29. The molecule has 0 spiro atoms. The molecule has 0 saturated carbocycles. The first-order chi connectivity index (χ1) is 7.97. The highest BCUT2D eigenvalue weighted by Crippen LogP contribution is 2.25. The van der Waals surface area contributed by atoms with Crippen molar-refractivity contribution in [3.05, 3.63) is 34.3 Å². The van der Waals surface area contributed by atoms with E-state index in [-0.39, 0.29) is 6.16 Å². The lowest BCUT2D eigenvalue weighted by molar-refractivity contribution is -0.313.